The standard InChI is InChI=1S/C10H13ClN2O/c1-7-2-3-8(9(11)13-7)4-10(14)5-12-6-10/h2-3,12,14H,4-6H2,1H3. The van der Waals surface area contributed by atoms with Crippen LogP contribution in [-0.4, -0.2) is 28.8 Å². The molecule has 2 rings (SSSR count). The third-order valence-corrected chi connectivity index (χ3v) is 2.82. The van der Waals surface area contributed by atoms with Gasteiger partial charge in [0, 0.05) is 25.2 Å². The van der Waals surface area contributed by atoms with Crippen molar-refractivity contribution < 1.29 is 5.11 Å². The minimum Gasteiger partial charge on any atom is -0.387 e. The van der Waals surface area contributed by atoms with Gasteiger partial charge in [-0.25, -0.2) is 4.98 Å². The van der Waals surface area contributed by atoms with Gasteiger partial charge < -0.3 is 10.4 Å². The van der Waals surface area contributed by atoms with E-state index in [9.17, 15) is 5.11 Å². The number of aromatic nitrogens is 1. The minimum atomic E-state index is -0.624. The van der Waals surface area contributed by atoms with Gasteiger partial charge in [0.05, 0.1) is 5.60 Å². The van der Waals surface area contributed by atoms with Gasteiger partial charge in [-0.15, -0.1) is 0 Å². The van der Waals surface area contributed by atoms with E-state index in [4.69, 9.17) is 11.6 Å². The molecule has 0 bridgehead atoms. The average Bonchev–Trinajstić information content (AvgIpc) is 2.07. The summed E-state index contributed by atoms with van der Waals surface area (Å²) in [5, 5.41) is 13.5. The summed E-state index contributed by atoms with van der Waals surface area (Å²) in [4.78, 5) is 4.15. The topological polar surface area (TPSA) is 45.1 Å². The fraction of sp³-hybridized carbons (Fsp3) is 0.500. The van der Waals surface area contributed by atoms with Crippen LogP contribution in [0, 0.1) is 6.92 Å². The van der Waals surface area contributed by atoms with Crippen LogP contribution in [0.15, 0.2) is 12.1 Å². The summed E-state index contributed by atoms with van der Waals surface area (Å²) in [5.41, 5.74) is 1.19. The molecule has 1 aliphatic heterocycles. The first-order valence-corrected chi connectivity index (χ1v) is 5.02. The van der Waals surface area contributed by atoms with E-state index in [1.165, 1.54) is 0 Å². The fourth-order valence-corrected chi connectivity index (χ4v) is 1.84. The van der Waals surface area contributed by atoms with Crippen molar-refractivity contribution in [3.05, 3.63) is 28.5 Å². The summed E-state index contributed by atoms with van der Waals surface area (Å²) in [6, 6.07) is 3.84. The van der Waals surface area contributed by atoms with Gasteiger partial charge in [0.15, 0.2) is 0 Å². The van der Waals surface area contributed by atoms with Crippen LogP contribution in [0.25, 0.3) is 0 Å². The number of nitrogens with one attached hydrogen (secondary N) is 1. The number of halogens is 1. The second-order valence-corrected chi connectivity index (χ2v) is 4.27. The first-order chi connectivity index (χ1) is 6.59. The largest absolute Gasteiger partial charge is 0.387 e. The van der Waals surface area contributed by atoms with Crippen LogP contribution < -0.4 is 5.32 Å². The molecule has 0 aromatic carbocycles. The monoisotopic (exact) mass is 212 g/mol. The number of pyridine rings is 1. The summed E-state index contributed by atoms with van der Waals surface area (Å²) in [7, 11) is 0. The Morgan fingerprint density at radius 1 is 1.57 bits per heavy atom. The van der Waals surface area contributed by atoms with Gasteiger partial charge in [0.1, 0.15) is 5.15 Å². The van der Waals surface area contributed by atoms with Gasteiger partial charge in [-0.05, 0) is 18.6 Å². The lowest BCUT2D eigenvalue weighted by molar-refractivity contribution is -0.00907. The van der Waals surface area contributed by atoms with Crippen molar-refractivity contribution >= 4 is 11.6 Å². The zero-order valence-electron chi connectivity index (χ0n) is 8.05. The molecule has 76 valence electrons. The quantitative estimate of drug-likeness (QED) is 0.717. The van der Waals surface area contributed by atoms with Crippen molar-refractivity contribution in [2.75, 3.05) is 13.1 Å². The highest BCUT2D eigenvalue weighted by molar-refractivity contribution is 6.30. The Balaban J connectivity index is 2.16. The van der Waals surface area contributed by atoms with Gasteiger partial charge in [-0.2, -0.15) is 0 Å². The lowest BCUT2D eigenvalue weighted by atomic mass is 9.90. The smallest absolute Gasteiger partial charge is 0.132 e. The third-order valence-electron chi connectivity index (χ3n) is 2.49. The molecule has 0 radical (unpaired) electrons. The van der Waals surface area contributed by atoms with Crippen LogP contribution in [0.3, 0.4) is 0 Å². The zero-order chi connectivity index (χ0) is 10.2. The summed E-state index contributed by atoms with van der Waals surface area (Å²) in [5.74, 6) is 0. The molecule has 14 heavy (non-hydrogen) atoms. The van der Waals surface area contributed by atoms with Gasteiger partial charge >= 0.3 is 0 Å². The molecule has 1 aromatic rings. The van der Waals surface area contributed by atoms with E-state index in [-0.39, 0.29) is 0 Å². The second kappa shape index (κ2) is 3.50. The number of β-amino-alcohol motifs (C(OH)–C–C–N with tert-alkyl or cyclic N) is 1. The Morgan fingerprint density at radius 3 is 2.79 bits per heavy atom. The number of rotatable bonds is 2. The maximum Gasteiger partial charge on any atom is 0.132 e. The van der Waals surface area contributed by atoms with E-state index >= 15 is 0 Å². The lowest BCUT2D eigenvalue weighted by Gasteiger charge is -2.37. The zero-order valence-corrected chi connectivity index (χ0v) is 8.80. The maximum atomic E-state index is 9.91. The molecule has 2 heterocycles. The van der Waals surface area contributed by atoms with Crippen LogP contribution in [0.5, 0.6) is 0 Å². The Bertz CT molecular complexity index is 350. The van der Waals surface area contributed by atoms with E-state index in [0.717, 1.165) is 11.3 Å². The van der Waals surface area contributed by atoms with Crippen LogP contribution >= 0.6 is 11.6 Å². The minimum absolute atomic E-state index is 0.505. The molecule has 3 nitrogen and oxygen atoms in total. The van der Waals surface area contributed by atoms with Crippen molar-refractivity contribution in [3.63, 3.8) is 0 Å². The van der Waals surface area contributed by atoms with Crippen molar-refractivity contribution in [1.29, 1.82) is 0 Å². The van der Waals surface area contributed by atoms with Crippen molar-refractivity contribution in [1.82, 2.24) is 10.3 Å². The molecule has 4 heteroatoms. The highest BCUT2D eigenvalue weighted by Crippen LogP contribution is 2.22. The number of hydrogen-bond donors (Lipinski definition) is 2. The van der Waals surface area contributed by atoms with Gasteiger partial charge in [-0.1, -0.05) is 17.7 Å². The summed E-state index contributed by atoms with van der Waals surface area (Å²) < 4.78 is 0. The number of aryl methyl sites for hydroxylation is 1. The first kappa shape index (κ1) is 9.90. The van der Waals surface area contributed by atoms with Crippen LogP contribution in [0.4, 0.5) is 0 Å². The summed E-state index contributed by atoms with van der Waals surface area (Å²) in [6.07, 6.45) is 0.576. The molecule has 0 atom stereocenters. The second-order valence-electron chi connectivity index (χ2n) is 3.91. The lowest BCUT2D eigenvalue weighted by Crippen LogP contribution is -2.60. The van der Waals surface area contributed by atoms with Crippen molar-refractivity contribution in [2.45, 2.75) is 18.9 Å². The van der Waals surface area contributed by atoms with Crippen LogP contribution in [0.2, 0.25) is 5.15 Å². The molecule has 0 amide bonds. The van der Waals surface area contributed by atoms with Crippen LogP contribution in [0.1, 0.15) is 11.3 Å². The average molecular weight is 213 g/mol. The number of aliphatic hydroxyl groups is 1. The fourth-order valence-electron chi connectivity index (χ4n) is 1.58. The van der Waals surface area contributed by atoms with Crippen LogP contribution in [-0.2, 0) is 6.42 Å². The molecule has 1 aliphatic rings. The summed E-state index contributed by atoms with van der Waals surface area (Å²) in [6.45, 7) is 3.17. The predicted molar refractivity (Wildman–Crippen MR) is 55.5 cm³/mol. The molecule has 0 unspecified atom stereocenters. The van der Waals surface area contributed by atoms with E-state index in [2.05, 4.69) is 10.3 Å². The molecule has 0 saturated carbocycles. The molecule has 0 aliphatic carbocycles. The third kappa shape index (κ3) is 1.90. The SMILES string of the molecule is Cc1ccc(CC2(O)CNC2)c(Cl)n1. The molecule has 2 N–H and O–H groups in total. The highest BCUT2D eigenvalue weighted by atomic mass is 35.5. The molecular formula is C10H13ClN2O. The Morgan fingerprint density at radius 2 is 2.29 bits per heavy atom. The molecule has 1 aromatic heterocycles. The number of nitrogens with zero attached hydrogens (tertiary/aromatic N) is 1. The maximum absolute atomic E-state index is 9.91. The molecule has 1 saturated heterocycles. The summed E-state index contributed by atoms with van der Waals surface area (Å²) >= 11 is 5.97. The molecule has 1 fully saturated rings. The Hall–Kier alpha value is -0.640. The van der Waals surface area contributed by atoms with E-state index in [0.29, 0.717) is 24.7 Å². The Labute approximate surface area is 88.1 Å². The normalized spacial score (nSPS) is 19.1. The van der Waals surface area contributed by atoms with Gasteiger partial charge in [0.25, 0.3) is 0 Å². The first-order valence-electron chi connectivity index (χ1n) is 4.64. The van der Waals surface area contributed by atoms with E-state index in [1.807, 2.05) is 19.1 Å². The molecule has 0 spiro atoms. The van der Waals surface area contributed by atoms with Gasteiger partial charge in [-0.3, -0.25) is 0 Å². The van der Waals surface area contributed by atoms with Gasteiger partial charge in [0.2, 0.25) is 0 Å². The van der Waals surface area contributed by atoms with E-state index in [1.54, 1.807) is 0 Å². The van der Waals surface area contributed by atoms with E-state index < -0.39 is 5.60 Å². The highest BCUT2D eigenvalue weighted by Gasteiger charge is 2.34. The Kier molecular flexibility index (Phi) is 2.47. The van der Waals surface area contributed by atoms with Crippen molar-refractivity contribution in [3.8, 4) is 0 Å². The van der Waals surface area contributed by atoms with Crippen molar-refractivity contribution in [2.24, 2.45) is 0 Å². The number of hydrogen-bond acceptors (Lipinski definition) is 3. The predicted octanol–water partition coefficient (Wildman–Crippen LogP) is 0.920. The molecular weight excluding hydrogens is 200 g/mol.